The van der Waals surface area contributed by atoms with E-state index < -0.39 is 116 Å². The van der Waals surface area contributed by atoms with Gasteiger partial charge in [0.05, 0.1) is 0 Å². The van der Waals surface area contributed by atoms with E-state index >= 15 is 0 Å². The summed E-state index contributed by atoms with van der Waals surface area (Å²) in [5.74, 6) is -5.69. The van der Waals surface area contributed by atoms with E-state index in [4.69, 9.17) is 52.1 Å². The number of ether oxygens (including phenoxy) is 11. The summed E-state index contributed by atoms with van der Waals surface area (Å²) in [5, 5.41) is 3.05. The molecule has 2 heterocycles. The third-order valence-corrected chi connectivity index (χ3v) is 9.57. The van der Waals surface area contributed by atoms with Crippen LogP contribution in [0.2, 0.25) is 0 Å². The summed E-state index contributed by atoms with van der Waals surface area (Å²) in [4.78, 5) is 98.3. The highest BCUT2D eigenvalue weighted by atomic mass is 16.8. The van der Waals surface area contributed by atoms with Crippen LogP contribution in [-0.2, 0) is 90.5 Å². The summed E-state index contributed by atoms with van der Waals surface area (Å²) in [6, 6.07) is 0.208. The van der Waals surface area contributed by atoms with Gasteiger partial charge in [-0.1, -0.05) is 46.0 Å². The van der Waals surface area contributed by atoms with Crippen molar-refractivity contribution in [3.63, 3.8) is 0 Å². The van der Waals surface area contributed by atoms with Crippen molar-refractivity contribution in [2.45, 2.75) is 194 Å². The molecule has 9 unspecified atom stereocenters. The number of hydrogen-bond donors (Lipinski definition) is 1. The number of carbonyl (C=O) groups is 8. The molecule has 348 valence electrons. The quantitative estimate of drug-likeness (QED) is 0.0786. The monoisotopic (exact) mass is 875 g/mol. The lowest BCUT2D eigenvalue weighted by Crippen LogP contribution is -2.67. The molecule has 0 aromatic carbocycles. The van der Waals surface area contributed by atoms with Crippen molar-refractivity contribution in [3.8, 4) is 0 Å². The normalized spacial score (nSPS) is 26.0. The molecule has 10 atom stereocenters. The molecule has 2 saturated heterocycles. The van der Waals surface area contributed by atoms with Gasteiger partial charge in [-0.2, -0.15) is 0 Å². The van der Waals surface area contributed by atoms with Gasteiger partial charge in [0.2, 0.25) is 5.91 Å². The molecule has 2 rings (SSSR count). The highest BCUT2D eigenvalue weighted by Crippen LogP contribution is 2.35. The molecule has 0 spiro atoms. The van der Waals surface area contributed by atoms with Crippen LogP contribution in [-0.4, -0.2) is 135 Å². The fourth-order valence-corrected chi connectivity index (χ4v) is 6.87. The lowest BCUT2D eigenvalue weighted by molar-refractivity contribution is -0.361. The molecule has 61 heavy (non-hydrogen) atoms. The Morgan fingerprint density at radius 1 is 0.475 bits per heavy atom. The van der Waals surface area contributed by atoms with Crippen molar-refractivity contribution < 1.29 is 90.5 Å². The number of unbranched alkanes of at least 4 members (excludes halogenated alkanes) is 6. The Morgan fingerprint density at radius 2 is 0.869 bits per heavy atom. The van der Waals surface area contributed by atoms with E-state index in [0.29, 0.717) is 12.8 Å². The van der Waals surface area contributed by atoms with Crippen LogP contribution in [0.1, 0.15) is 127 Å². The van der Waals surface area contributed by atoms with E-state index in [1.807, 2.05) is 13.8 Å². The van der Waals surface area contributed by atoms with E-state index in [-0.39, 0.29) is 18.6 Å². The minimum absolute atomic E-state index is 0.0763. The number of rotatable bonds is 25. The van der Waals surface area contributed by atoms with Gasteiger partial charge in [-0.05, 0) is 25.7 Å². The zero-order valence-electron chi connectivity index (χ0n) is 36.8. The molecule has 20 heteroatoms. The number of hydrogen-bond acceptors (Lipinski definition) is 19. The molecule has 0 bridgehead atoms. The Morgan fingerprint density at radius 3 is 1.34 bits per heavy atom. The molecule has 2 fully saturated rings. The van der Waals surface area contributed by atoms with E-state index in [0.717, 1.165) is 99.8 Å². The van der Waals surface area contributed by atoms with Crippen LogP contribution in [0.4, 0.5) is 0 Å². The summed E-state index contributed by atoms with van der Waals surface area (Å²) in [6.45, 7) is 10.8. The van der Waals surface area contributed by atoms with Crippen molar-refractivity contribution in [2.24, 2.45) is 0 Å². The molecular formula is C41H65NO19. The number of amides is 1. The Balaban J connectivity index is 2.35. The summed E-state index contributed by atoms with van der Waals surface area (Å²) < 4.78 is 63.0. The molecule has 0 aromatic rings. The van der Waals surface area contributed by atoms with Crippen LogP contribution in [0, 0.1) is 0 Å². The van der Waals surface area contributed by atoms with Gasteiger partial charge in [-0.15, -0.1) is 0 Å². The van der Waals surface area contributed by atoms with Crippen LogP contribution in [0.15, 0.2) is 0 Å². The summed E-state index contributed by atoms with van der Waals surface area (Å²) in [7, 11) is 0. The predicted octanol–water partition coefficient (Wildman–Crippen LogP) is 3.05. The second-order valence-electron chi connectivity index (χ2n) is 14.8. The third-order valence-electron chi connectivity index (χ3n) is 9.57. The Kier molecular flexibility index (Phi) is 23.8. The topological polar surface area (TPSA) is 250 Å². The maximum Gasteiger partial charge on any atom is 0.303 e. The first-order chi connectivity index (χ1) is 28.9. The van der Waals surface area contributed by atoms with Crippen LogP contribution in [0.25, 0.3) is 0 Å². The summed E-state index contributed by atoms with van der Waals surface area (Å²) in [6.07, 6.45) is -7.11. The molecule has 1 N–H and O–H groups in total. The van der Waals surface area contributed by atoms with Crippen LogP contribution in [0.5, 0.6) is 0 Å². The number of carbonyl (C=O) groups excluding carboxylic acids is 8. The average molecular weight is 876 g/mol. The smallest absolute Gasteiger partial charge is 0.303 e. The van der Waals surface area contributed by atoms with Crippen molar-refractivity contribution >= 4 is 47.7 Å². The highest BCUT2D eigenvalue weighted by molar-refractivity contribution is 5.76. The molecule has 2 aliphatic rings. The maximum atomic E-state index is 12.7. The lowest BCUT2D eigenvalue weighted by atomic mass is 9.96. The molecule has 1 amide bonds. The van der Waals surface area contributed by atoms with Gasteiger partial charge < -0.3 is 57.4 Å². The molecule has 0 saturated carbocycles. The first kappa shape index (κ1) is 52.7. The highest BCUT2D eigenvalue weighted by Gasteiger charge is 2.57. The number of nitrogens with one attached hydrogen (secondary N) is 1. The van der Waals surface area contributed by atoms with Crippen LogP contribution in [0.3, 0.4) is 0 Å². The van der Waals surface area contributed by atoms with Gasteiger partial charge in [0, 0.05) is 67.5 Å². The standard InChI is InChI=1S/C41H65NO19/c1-10-30(11-2)42-33(50)19-17-15-13-12-14-16-18-20-51-40-38(57-28(8)48)37(56-27(7)47)35(32(59-40)22-53-24(4)44)61-41-39(58-29(9)49)36(55-26(6)46)34(54-25(5)45)31(60-41)21-52-23(3)43/h30-32,34-41H,10-22H2,1-9H3,(H,42,50)/t31?,32?,34?,35-,36?,37?,38?,39?,40?,41?/m0/s1. The second kappa shape index (κ2) is 27.5. The minimum Gasteiger partial charge on any atom is -0.463 e. The Labute approximate surface area is 356 Å². The van der Waals surface area contributed by atoms with E-state index in [1.165, 1.54) is 0 Å². The molecule has 0 aliphatic carbocycles. The molecule has 2 aliphatic heterocycles. The molecular weight excluding hydrogens is 810 g/mol. The Hall–Kier alpha value is -4.40. The van der Waals surface area contributed by atoms with Crippen molar-refractivity contribution in [1.29, 1.82) is 0 Å². The Bertz CT molecular complexity index is 1450. The first-order valence-corrected chi connectivity index (χ1v) is 20.9. The minimum atomic E-state index is -1.78. The zero-order chi connectivity index (χ0) is 45.6. The second-order valence-corrected chi connectivity index (χ2v) is 14.8. The van der Waals surface area contributed by atoms with Crippen molar-refractivity contribution in [3.05, 3.63) is 0 Å². The number of esters is 7. The van der Waals surface area contributed by atoms with Gasteiger partial charge in [-0.25, -0.2) is 0 Å². The van der Waals surface area contributed by atoms with E-state index in [2.05, 4.69) is 5.32 Å². The molecule has 20 nitrogen and oxygen atoms in total. The fourth-order valence-electron chi connectivity index (χ4n) is 6.87. The van der Waals surface area contributed by atoms with Crippen molar-refractivity contribution in [2.75, 3.05) is 19.8 Å². The zero-order valence-corrected chi connectivity index (χ0v) is 36.8. The van der Waals surface area contributed by atoms with Crippen molar-refractivity contribution in [1.82, 2.24) is 5.32 Å². The first-order valence-electron chi connectivity index (χ1n) is 20.9. The van der Waals surface area contributed by atoms with Crippen LogP contribution < -0.4 is 5.32 Å². The summed E-state index contributed by atoms with van der Waals surface area (Å²) >= 11 is 0. The predicted molar refractivity (Wildman–Crippen MR) is 209 cm³/mol. The van der Waals surface area contributed by atoms with Crippen LogP contribution >= 0.6 is 0 Å². The van der Waals surface area contributed by atoms with Gasteiger partial charge in [0.25, 0.3) is 0 Å². The van der Waals surface area contributed by atoms with Gasteiger partial charge in [0.1, 0.15) is 31.5 Å². The average Bonchev–Trinajstić information content (AvgIpc) is 3.16. The van der Waals surface area contributed by atoms with E-state index in [9.17, 15) is 38.4 Å². The molecule has 0 aromatic heterocycles. The third kappa shape index (κ3) is 19.5. The lowest BCUT2D eigenvalue weighted by Gasteiger charge is -2.48. The molecule has 0 radical (unpaired) electrons. The summed E-state index contributed by atoms with van der Waals surface area (Å²) in [5.41, 5.74) is 0. The SMILES string of the molecule is CCC(CC)NC(=O)CCCCCCCCCOC1OC(COC(C)=O)[C@H](OC2OC(COC(C)=O)C(OC(C)=O)C(OC(C)=O)C2OC(C)=O)C(OC(C)=O)C1OC(C)=O. The largest absolute Gasteiger partial charge is 0.463 e. The van der Waals surface area contributed by atoms with Gasteiger partial charge in [-0.3, -0.25) is 38.4 Å². The van der Waals surface area contributed by atoms with Gasteiger partial charge >= 0.3 is 41.8 Å². The maximum absolute atomic E-state index is 12.7. The van der Waals surface area contributed by atoms with E-state index in [1.54, 1.807) is 0 Å². The fraction of sp³-hybridized carbons (Fsp3) is 0.805. The van der Waals surface area contributed by atoms with Gasteiger partial charge in [0.15, 0.2) is 43.1 Å².